The second-order valence-corrected chi connectivity index (χ2v) is 3.65. The van der Waals surface area contributed by atoms with Crippen LogP contribution in [0.1, 0.15) is 11.1 Å². The normalized spacial score (nSPS) is 10.4. The Labute approximate surface area is 92.5 Å². The molecule has 2 aromatic rings. The second kappa shape index (κ2) is 4.31. The van der Waals surface area contributed by atoms with E-state index in [1.165, 1.54) is 30.3 Å². The van der Waals surface area contributed by atoms with Gasteiger partial charge in [-0.25, -0.2) is 8.78 Å². The summed E-state index contributed by atoms with van der Waals surface area (Å²) in [6.45, 7) is 0. The fourth-order valence-electron chi connectivity index (χ4n) is 1.55. The highest BCUT2D eigenvalue weighted by atomic mass is 19.1. The Morgan fingerprint density at radius 3 is 2.19 bits per heavy atom. The summed E-state index contributed by atoms with van der Waals surface area (Å²) in [5.41, 5.74) is 7.89. The third-order valence-electron chi connectivity index (χ3n) is 2.41. The van der Waals surface area contributed by atoms with Gasteiger partial charge in [-0.05, 0) is 47.9 Å². The first kappa shape index (κ1) is 10.6. The molecule has 3 heteroatoms. The van der Waals surface area contributed by atoms with Crippen LogP contribution in [-0.4, -0.2) is 0 Å². The number of halogens is 2. The lowest BCUT2D eigenvalue weighted by Crippen LogP contribution is -1.96. The summed E-state index contributed by atoms with van der Waals surface area (Å²) < 4.78 is 25.7. The molecule has 0 bridgehead atoms. The van der Waals surface area contributed by atoms with Crippen molar-refractivity contribution in [2.45, 2.75) is 6.42 Å². The molecule has 0 heterocycles. The van der Waals surface area contributed by atoms with Crippen LogP contribution in [0.3, 0.4) is 0 Å². The van der Waals surface area contributed by atoms with E-state index in [-0.39, 0.29) is 11.6 Å². The van der Waals surface area contributed by atoms with E-state index in [0.29, 0.717) is 17.7 Å². The van der Waals surface area contributed by atoms with E-state index in [0.717, 1.165) is 5.56 Å². The van der Waals surface area contributed by atoms with Crippen LogP contribution in [0.4, 0.5) is 14.5 Å². The van der Waals surface area contributed by atoms with Crippen LogP contribution in [0.25, 0.3) is 0 Å². The van der Waals surface area contributed by atoms with Crippen molar-refractivity contribution in [1.29, 1.82) is 0 Å². The van der Waals surface area contributed by atoms with Crippen LogP contribution < -0.4 is 5.73 Å². The minimum Gasteiger partial charge on any atom is -0.398 e. The number of anilines is 1. The summed E-state index contributed by atoms with van der Waals surface area (Å²) in [4.78, 5) is 0. The van der Waals surface area contributed by atoms with Gasteiger partial charge in [0.1, 0.15) is 11.6 Å². The first-order chi connectivity index (χ1) is 7.65. The molecule has 0 atom stereocenters. The highest BCUT2D eigenvalue weighted by molar-refractivity contribution is 5.48. The molecule has 0 aliphatic heterocycles. The standard InChI is InChI=1S/C13H11F2N/c14-11-3-1-9(2-4-11)7-10-8-12(15)5-6-13(10)16/h1-6,8H,7,16H2. The van der Waals surface area contributed by atoms with Gasteiger partial charge in [0.25, 0.3) is 0 Å². The third-order valence-corrected chi connectivity index (χ3v) is 2.41. The lowest BCUT2D eigenvalue weighted by atomic mass is 10.0. The fourth-order valence-corrected chi connectivity index (χ4v) is 1.55. The van der Waals surface area contributed by atoms with Gasteiger partial charge >= 0.3 is 0 Å². The zero-order chi connectivity index (χ0) is 11.5. The van der Waals surface area contributed by atoms with Gasteiger partial charge in [-0.2, -0.15) is 0 Å². The van der Waals surface area contributed by atoms with Crippen LogP contribution in [-0.2, 0) is 6.42 Å². The Balaban J connectivity index is 2.26. The fraction of sp³-hybridized carbons (Fsp3) is 0.0769. The van der Waals surface area contributed by atoms with Gasteiger partial charge < -0.3 is 5.73 Å². The molecule has 0 spiro atoms. The van der Waals surface area contributed by atoms with Crippen molar-refractivity contribution < 1.29 is 8.78 Å². The minimum atomic E-state index is -0.314. The zero-order valence-electron chi connectivity index (χ0n) is 8.58. The predicted octanol–water partition coefficient (Wildman–Crippen LogP) is 3.14. The summed E-state index contributed by atoms with van der Waals surface area (Å²) in [6, 6.07) is 10.4. The monoisotopic (exact) mass is 219 g/mol. The Kier molecular flexibility index (Phi) is 2.86. The summed E-state index contributed by atoms with van der Waals surface area (Å²) in [7, 11) is 0. The van der Waals surface area contributed by atoms with Gasteiger partial charge in [0, 0.05) is 5.69 Å². The lowest BCUT2D eigenvalue weighted by molar-refractivity contribution is 0.625. The van der Waals surface area contributed by atoms with E-state index in [9.17, 15) is 8.78 Å². The van der Waals surface area contributed by atoms with Crippen molar-refractivity contribution in [3.05, 3.63) is 65.2 Å². The Morgan fingerprint density at radius 1 is 0.875 bits per heavy atom. The molecular weight excluding hydrogens is 208 g/mol. The van der Waals surface area contributed by atoms with Crippen molar-refractivity contribution in [1.82, 2.24) is 0 Å². The molecule has 2 rings (SSSR count). The average molecular weight is 219 g/mol. The van der Waals surface area contributed by atoms with Crippen molar-refractivity contribution >= 4 is 5.69 Å². The minimum absolute atomic E-state index is 0.282. The Bertz CT molecular complexity index is 492. The molecule has 0 fully saturated rings. The highest BCUT2D eigenvalue weighted by Crippen LogP contribution is 2.17. The third kappa shape index (κ3) is 2.37. The number of nitrogens with two attached hydrogens (primary N) is 1. The molecular formula is C13H11F2N. The molecule has 2 N–H and O–H groups in total. The molecule has 0 unspecified atom stereocenters. The van der Waals surface area contributed by atoms with Crippen LogP contribution >= 0.6 is 0 Å². The molecule has 0 saturated heterocycles. The van der Waals surface area contributed by atoms with Gasteiger partial charge in [0.05, 0.1) is 0 Å². The molecule has 16 heavy (non-hydrogen) atoms. The van der Waals surface area contributed by atoms with E-state index in [4.69, 9.17) is 5.73 Å². The summed E-state index contributed by atoms with van der Waals surface area (Å²) >= 11 is 0. The first-order valence-electron chi connectivity index (χ1n) is 4.93. The summed E-state index contributed by atoms with van der Waals surface area (Å²) in [6.07, 6.45) is 0.504. The molecule has 0 amide bonds. The van der Waals surface area contributed by atoms with E-state index in [1.54, 1.807) is 12.1 Å². The zero-order valence-corrected chi connectivity index (χ0v) is 8.58. The molecule has 0 aromatic heterocycles. The van der Waals surface area contributed by atoms with Crippen LogP contribution in [0, 0.1) is 11.6 Å². The van der Waals surface area contributed by atoms with E-state index < -0.39 is 0 Å². The number of nitrogen functional groups attached to an aromatic ring is 1. The van der Waals surface area contributed by atoms with Crippen molar-refractivity contribution in [3.8, 4) is 0 Å². The smallest absolute Gasteiger partial charge is 0.123 e. The molecule has 1 nitrogen and oxygen atoms in total. The largest absolute Gasteiger partial charge is 0.398 e. The van der Waals surface area contributed by atoms with Gasteiger partial charge in [-0.3, -0.25) is 0 Å². The number of hydrogen-bond acceptors (Lipinski definition) is 1. The lowest BCUT2D eigenvalue weighted by Gasteiger charge is -2.05. The van der Waals surface area contributed by atoms with Crippen LogP contribution in [0.15, 0.2) is 42.5 Å². The summed E-state index contributed by atoms with van der Waals surface area (Å²) in [5, 5.41) is 0. The average Bonchev–Trinajstić information content (AvgIpc) is 2.27. The maximum Gasteiger partial charge on any atom is 0.123 e. The predicted molar refractivity (Wildman–Crippen MR) is 60.0 cm³/mol. The number of rotatable bonds is 2. The maximum absolute atomic E-state index is 13.0. The SMILES string of the molecule is Nc1ccc(F)cc1Cc1ccc(F)cc1. The van der Waals surface area contributed by atoms with Crippen LogP contribution in [0.2, 0.25) is 0 Å². The Hall–Kier alpha value is -1.90. The van der Waals surface area contributed by atoms with Gasteiger partial charge in [0.15, 0.2) is 0 Å². The van der Waals surface area contributed by atoms with E-state index in [2.05, 4.69) is 0 Å². The molecule has 0 aliphatic rings. The van der Waals surface area contributed by atoms with Gasteiger partial charge in [-0.1, -0.05) is 12.1 Å². The van der Waals surface area contributed by atoms with Gasteiger partial charge in [0.2, 0.25) is 0 Å². The van der Waals surface area contributed by atoms with Crippen molar-refractivity contribution in [2.75, 3.05) is 5.73 Å². The molecule has 2 aromatic carbocycles. The van der Waals surface area contributed by atoms with E-state index in [1.807, 2.05) is 0 Å². The first-order valence-corrected chi connectivity index (χ1v) is 4.93. The quantitative estimate of drug-likeness (QED) is 0.771. The van der Waals surface area contributed by atoms with Crippen LogP contribution in [0.5, 0.6) is 0 Å². The number of benzene rings is 2. The molecule has 0 saturated carbocycles. The molecule has 0 radical (unpaired) electrons. The second-order valence-electron chi connectivity index (χ2n) is 3.65. The van der Waals surface area contributed by atoms with Crippen molar-refractivity contribution in [3.63, 3.8) is 0 Å². The van der Waals surface area contributed by atoms with E-state index >= 15 is 0 Å². The Morgan fingerprint density at radius 2 is 1.50 bits per heavy atom. The van der Waals surface area contributed by atoms with Crippen molar-refractivity contribution in [2.24, 2.45) is 0 Å². The maximum atomic E-state index is 13.0. The topological polar surface area (TPSA) is 26.0 Å². The number of hydrogen-bond donors (Lipinski definition) is 1. The highest BCUT2D eigenvalue weighted by Gasteiger charge is 2.02. The molecule has 0 aliphatic carbocycles. The summed E-state index contributed by atoms with van der Waals surface area (Å²) in [5.74, 6) is -0.595. The van der Waals surface area contributed by atoms with Gasteiger partial charge in [-0.15, -0.1) is 0 Å². The molecule has 82 valence electrons.